The summed E-state index contributed by atoms with van der Waals surface area (Å²) in [6, 6.07) is 3.86. The average Bonchev–Trinajstić information content (AvgIpc) is 3.48. The van der Waals surface area contributed by atoms with E-state index in [-0.39, 0.29) is 18.2 Å². The number of nitrogens with zero attached hydrogens (tertiary/aromatic N) is 4. The van der Waals surface area contributed by atoms with Gasteiger partial charge >= 0.3 is 6.09 Å². The van der Waals surface area contributed by atoms with Gasteiger partial charge in [0, 0.05) is 38.0 Å². The molecule has 1 saturated heterocycles. The third-order valence-electron chi connectivity index (χ3n) is 5.13. The highest BCUT2D eigenvalue weighted by atomic mass is 16.6. The van der Waals surface area contributed by atoms with Crippen LogP contribution in [0.1, 0.15) is 44.2 Å². The van der Waals surface area contributed by atoms with Crippen molar-refractivity contribution in [1.82, 2.24) is 30.1 Å². The largest absolute Gasteiger partial charge is 0.444 e. The zero-order valence-corrected chi connectivity index (χ0v) is 17.8. The first-order valence-electron chi connectivity index (χ1n) is 10.3. The van der Waals surface area contributed by atoms with E-state index in [0.717, 1.165) is 23.3 Å². The van der Waals surface area contributed by atoms with Crippen molar-refractivity contribution >= 4 is 23.2 Å². The number of carbonyl (C=O) groups is 1. The van der Waals surface area contributed by atoms with Gasteiger partial charge < -0.3 is 24.8 Å². The van der Waals surface area contributed by atoms with E-state index in [9.17, 15) is 4.79 Å². The predicted molar refractivity (Wildman–Crippen MR) is 112 cm³/mol. The molecule has 4 rings (SSSR count). The Morgan fingerprint density at radius 2 is 2.32 bits per heavy atom. The number of amides is 1. The van der Waals surface area contributed by atoms with Crippen LogP contribution in [-0.4, -0.2) is 56.8 Å². The molecule has 166 valence electrons. The van der Waals surface area contributed by atoms with Gasteiger partial charge in [0.1, 0.15) is 17.7 Å². The number of hydrogen-bond acceptors (Lipinski definition) is 8. The number of anilines is 2. The van der Waals surface area contributed by atoms with Gasteiger partial charge in [-0.05, 0) is 19.4 Å². The quantitative estimate of drug-likeness (QED) is 0.499. The van der Waals surface area contributed by atoms with Gasteiger partial charge in [-0.1, -0.05) is 6.92 Å². The summed E-state index contributed by atoms with van der Waals surface area (Å²) in [6.45, 7) is 4.71. The van der Waals surface area contributed by atoms with Crippen molar-refractivity contribution in [2.45, 2.75) is 51.5 Å². The Balaban J connectivity index is 1.38. The lowest BCUT2D eigenvalue weighted by Gasteiger charge is -2.14. The Morgan fingerprint density at radius 1 is 1.45 bits per heavy atom. The summed E-state index contributed by atoms with van der Waals surface area (Å²) in [5.74, 6) is 1.23. The number of hydrogen-bond donors (Lipinski definition) is 3. The van der Waals surface area contributed by atoms with Crippen LogP contribution in [0.4, 0.5) is 16.4 Å². The lowest BCUT2D eigenvalue weighted by atomic mass is 10.1. The second kappa shape index (κ2) is 9.31. The standard InChI is InChI=1S/C20H27N7O4/c1-4-12(2)22-20(28)31-14-8-17(30-11-14)15-9-18(25-24-15)23-19-16-7-13(10-29-3)26-27(16)6-5-21-19/h5-7,9,12,14,17H,4,8,10-11H2,1-3H3,(H,22,28)(H2,21,23,24,25)/t12-,14+,17+/m0/s1. The summed E-state index contributed by atoms with van der Waals surface area (Å²) >= 11 is 0. The van der Waals surface area contributed by atoms with Crippen molar-refractivity contribution in [3.63, 3.8) is 0 Å². The number of H-pyrrole nitrogens is 1. The number of fused-ring (bicyclic) bond motifs is 1. The van der Waals surface area contributed by atoms with E-state index in [1.54, 1.807) is 24.0 Å². The average molecular weight is 429 g/mol. The Labute approximate surface area is 179 Å². The second-order valence-corrected chi connectivity index (χ2v) is 7.55. The molecular weight excluding hydrogens is 402 g/mol. The first-order valence-corrected chi connectivity index (χ1v) is 10.3. The molecule has 4 heterocycles. The number of nitrogens with one attached hydrogen (secondary N) is 3. The van der Waals surface area contributed by atoms with Gasteiger partial charge in [0.05, 0.1) is 24.6 Å². The first-order chi connectivity index (χ1) is 15.1. The van der Waals surface area contributed by atoms with Crippen LogP contribution in [0.15, 0.2) is 24.5 Å². The SMILES string of the molecule is CC[C@H](C)NC(=O)O[C@H]1CO[C@@H](c2cc(Nc3nccn4nc(COC)cc34)n[nH]2)C1. The van der Waals surface area contributed by atoms with Crippen LogP contribution in [0.5, 0.6) is 0 Å². The molecule has 3 aromatic rings. The van der Waals surface area contributed by atoms with Crippen LogP contribution in [-0.2, 0) is 20.8 Å². The molecule has 0 spiro atoms. The minimum atomic E-state index is -0.414. The molecule has 1 aliphatic heterocycles. The highest BCUT2D eigenvalue weighted by Gasteiger charge is 2.31. The molecule has 0 aliphatic carbocycles. The molecule has 0 radical (unpaired) electrons. The van der Waals surface area contributed by atoms with Gasteiger partial charge in [-0.15, -0.1) is 0 Å². The zero-order valence-electron chi connectivity index (χ0n) is 17.8. The Kier molecular flexibility index (Phi) is 6.33. The molecule has 3 atom stereocenters. The van der Waals surface area contributed by atoms with Crippen molar-refractivity contribution < 1.29 is 19.0 Å². The van der Waals surface area contributed by atoms with E-state index in [1.807, 2.05) is 26.0 Å². The molecule has 3 aromatic heterocycles. The fourth-order valence-electron chi connectivity index (χ4n) is 3.36. The van der Waals surface area contributed by atoms with E-state index in [2.05, 4.69) is 30.9 Å². The molecule has 31 heavy (non-hydrogen) atoms. The van der Waals surface area contributed by atoms with E-state index in [0.29, 0.717) is 31.3 Å². The number of methoxy groups -OCH3 is 1. The van der Waals surface area contributed by atoms with Crippen molar-refractivity contribution in [1.29, 1.82) is 0 Å². The Bertz CT molecular complexity index is 1030. The van der Waals surface area contributed by atoms with E-state index in [1.165, 1.54) is 0 Å². The van der Waals surface area contributed by atoms with Crippen LogP contribution < -0.4 is 10.6 Å². The second-order valence-electron chi connectivity index (χ2n) is 7.55. The molecule has 0 unspecified atom stereocenters. The molecule has 1 amide bonds. The van der Waals surface area contributed by atoms with Crippen molar-refractivity contribution in [2.75, 3.05) is 19.0 Å². The number of rotatable bonds is 8. The highest BCUT2D eigenvalue weighted by molar-refractivity contribution is 5.72. The lowest BCUT2D eigenvalue weighted by Crippen LogP contribution is -2.35. The lowest BCUT2D eigenvalue weighted by molar-refractivity contribution is 0.0679. The van der Waals surface area contributed by atoms with E-state index < -0.39 is 6.09 Å². The fourth-order valence-corrected chi connectivity index (χ4v) is 3.36. The monoisotopic (exact) mass is 429 g/mol. The summed E-state index contributed by atoms with van der Waals surface area (Å²) in [4.78, 5) is 16.3. The van der Waals surface area contributed by atoms with E-state index >= 15 is 0 Å². The Morgan fingerprint density at radius 3 is 3.13 bits per heavy atom. The van der Waals surface area contributed by atoms with Crippen molar-refractivity contribution in [3.05, 3.63) is 35.9 Å². The van der Waals surface area contributed by atoms with Crippen LogP contribution >= 0.6 is 0 Å². The molecule has 11 nitrogen and oxygen atoms in total. The van der Waals surface area contributed by atoms with Gasteiger partial charge in [0.15, 0.2) is 11.6 Å². The third-order valence-corrected chi connectivity index (χ3v) is 5.13. The fraction of sp³-hybridized carbons (Fsp3) is 0.500. The van der Waals surface area contributed by atoms with Gasteiger partial charge in [-0.3, -0.25) is 5.10 Å². The van der Waals surface area contributed by atoms with Crippen LogP contribution in [0.3, 0.4) is 0 Å². The predicted octanol–water partition coefficient (Wildman–Crippen LogP) is 2.70. The molecule has 0 saturated carbocycles. The Hall–Kier alpha value is -3.18. The summed E-state index contributed by atoms with van der Waals surface area (Å²) < 4.78 is 18.1. The molecular formula is C20H27N7O4. The topological polar surface area (TPSA) is 128 Å². The number of aromatic nitrogens is 5. The number of carbonyl (C=O) groups excluding carboxylic acids is 1. The number of aromatic amines is 1. The van der Waals surface area contributed by atoms with Crippen LogP contribution in [0.25, 0.3) is 5.52 Å². The maximum atomic E-state index is 11.9. The highest BCUT2D eigenvalue weighted by Crippen LogP contribution is 2.31. The minimum Gasteiger partial charge on any atom is -0.444 e. The number of alkyl carbamates (subject to hydrolysis) is 1. The summed E-state index contributed by atoms with van der Waals surface area (Å²) in [5.41, 5.74) is 2.43. The molecule has 1 aliphatic rings. The first kappa shape index (κ1) is 21.1. The zero-order chi connectivity index (χ0) is 21.8. The summed E-state index contributed by atoms with van der Waals surface area (Å²) in [5, 5.41) is 17.8. The molecule has 1 fully saturated rings. The number of ether oxygens (including phenoxy) is 3. The summed E-state index contributed by atoms with van der Waals surface area (Å²) in [6.07, 6.45) is 3.92. The summed E-state index contributed by atoms with van der Waals surface area (Å²) in [7, 11) is 1.63. The van der Waals surface area contributed by atoms with E-state index in [4.69, 9.17) is 14.2 Å². The maximum absolute atomic E-state index is 11.9. The molecule has 3 N–H and O–H groups in total. The maximum Gasteiger partial charge on any atom is 0.407 e. The smallest absolute Gasteiger partial charge is 0.407 e. The van der Waals surface area contributed by atoms with Gasteiger partial charge in [0.25, 0.3) is 0 Å². The minimum absolute atomic E-state index is 0.0753. The van der Waals surface area contributed by atoms with Gasteiger partial charge in [0.2, 0.25) is 0 Å². The molecule has 0 aromatic carbocycles. The van der Waals surface area contributed by atoms with Crippen molar-refractivity contribution in [3.8, 4) is 0 Å². The normalized spacial score (nSPS) is 19.5. The van der Waals surface area contributed by atoms with Crippen LogP contribution in [0.2, 0.25) is 0 Å². The van der Waals surface area contributed by atoms with Crippen LogP contribution in [0, 0.1) is 0 Å². The molecule has 11 heteroatoms. The van der Waals surface area contributed by atoms with Gasteiger partial charge in [-0.25, -0.2) is 14.3 Å². The third kappa shape index (κ3) is 4.94. The molecule has 0 bridgehead atoms. The van der Waals surface area contributed by atoms with Crippen molar-refractivity contribution in [2.24, 2.45) is 0 Å². The van der Waals surface area contributed by atoms with Gasteiger partial charge in [-0.2, -0.15) is 10.2 Å².